The molecule has 2 heterocycles. The van der Waals surface area contributed by atoms with Crippen LogP contribution >= 0.6 is 12.4 Å². The number of para-hydroxylation sites is 2. The van der Waals surface area contributed by atoms with Crippen LogP contribution in [-0.2, 0) is 6.54 Å². The number of rotatable bonds is 6. The minimum Gasteiger partial charge on any atom is -0.353 e. The number of nitrogens with zero attached hydrogens (tertiary/aromatic N) is 3. The summed E-state index contributed by atoms with van der Waals surface area (Å²) in [5.41, 5.74) is 8.79. The van der Waals surface area contributed by atoms with Crippen LogP contribution in [0.5, 0.6) is 0 Å². The molecule has 0 radical (unpaired) electrons. The van der Waals surface area contributed by atoms with E-state index in [9.17, 15) is 4.39 Å². The normalized spacial score (nSPS) is 15.5. The molecule has 1 aromatic heterocycles. The summed E-state index contributed by atoms with van der Waals surface area (Å²) < 4.78 is 15.4. The van der Waals surface area contributed by atoms with Crippen LogP contribution in [0.1, 0.15) is 18.4 Å². The predicted molar refractivity (Wildman–Crippen MR) is 115 cm³/mol. The second kappa shape index (κ2) is 9.37. The lowest BCUT2D eigenvalue weighted by molar-refractivity contribution is 0.224. The highest BCUT2D eigenvalue weighted by atomic mass is 35.5. The highest BCUT2D eigenvalue weighted by Gasteiger charge is 2.21. The van der Waals surface area contributed by atoms with Crippen LogP contribution < -0.4 is 11.1 Å². The number of fused-ring (bicyclic) bond motifs is 1. The van der Waals surface area contributed by atoms with E-state index in [4.69, 9.17) is 10.7 Å². The first-order chi connectivity index (χ1) is 13.2. The van der Waals surface area contributed by atoms with Gasteiger partial charge in [0.15, 0.2) is 0 Å². The van der Waals surface area contributed by atoms with E-state index < -0.39 is 0 Å². The lowest BCUT2D eigenvalue weighted by atomic mass is 10.1. The van der Waals surface area contributed by atoms with Crippen molar-refractivity contribution in [2.75, 3.05) is 31.5 Å². The average molecular weight is 404 g/mol. The summed E-state index contributed by atoms with van der Waals surface area (Å²) in [4.78, 5) is 7.24. The zero-order valence-corrected chi connectivity index (χ0v) is 16.7. The van der Waals surface area contributed by atoms with Crippen molar-refractivity contribution in [3.8, 4) is 0 Å². The molecule has 0 unspecified atom stereocenters. The van der Waals surface area contributed by atoms with Gasteiger partial charge in [0.05, 0.1) is 17.6 Å². The molecule has 0 spiro atoms. The summed E-state index contributed by atoms with van der Waals surface area (Å²) >= 11 is 0. The molecule has 3 N–H and O–H groups in total. The Hall–Kier alpha value is -2.15. The second-order valence-corrected chi connectivity index (χ2v) is 7.19. The molecule has 1 aliphatic heterocycles. The molecule has 0 bridgehead atoms. The van der Waals surface area contributed by atoms with Gasteiger partial charge in [0.1, 0.15) is 5.82 Å². The zero-order valence-electron chi connectivity index (χ0n) is 15.9. The number of nitrogens with two attached hydrogens (primary N) is 1. The molecule has 28 heavy (non-hydrogen) atoms. The minimum atomic E-state index is -0.211. The van der Waals surface area contributed by atoms with Gasteiger partial charge in [-0.15, -0.1) is 12.4 Å². The fraction of sp³-hybridized carbons (Fsp3) is 0.381. The number of aromatic nitrogens is 2. The van der Waals surface area contributed by atoms with Crippen molar-refractivity contribution in [2.45, 2.75) is 25.4 Å². The summed E-state index contributed by atoms with van der Waals surface area (Å²) in [6.07, 6.45) is 2.17. The lowest BCUT2D eigenvalue weighted by Gasteiger charge is -2.32. The van der Waals surface area contributed by atoms with E-state index in [2.05, 4.69) is 20.9 Å². The molecular formula is C21H27ClFN5. The molecule has 0 amide bonds. The molecule has 0 saturated carbocycles. The predicted octanol–water partition coefficient (Wildman–Crippen LogP) is 3.48. The maximum absolute atomic E-state index is 13.2. The van der Waals surface area contributed by atoms with Gasteiger partial charge in [-0.05, 0) is 42.7 Å². The fourth-order valence-electron chi connectivity index (χ4n) is 3.78. The Morgan fingerprint density at radius 1 is 1.07 bits per heavy atom. The Morgan fingerprint density at radius 3 is 2.50 bits per heavy atom. The summed E-state index contributed by atoms with van der Waals surface area (Å²) in [6.45, 7) is 4.47. The summed E-state index contributed by atoms with van der Waals surface area (Å²) in [6, 6.07) is 15.2. The average Bonchev–Trinajstić information content (AvgIpc) is 3.02. The van der Waals surface area contributed by atoms with Crippen LogP contribution in [0.25, 0.3) is 11.0 Å². The number of piperidine rings is 1. The van der Waals surface area contributed by atoms with Crippen LogP contribution in [0.4, 0.5) is 10.3 Å². The van der Waals surface area contributed by atoms with Gasteiger partial charge in [-0.2, -0.15) is 0 Å². The van der Waals surface area contributed by atoms with E-state index in [1.807, 2.05) is 30.3 Å². The van der Waals surface area contributed by atoms with Gasteiger partial charge in [0.2, 0.25) is 5.95 Å². The Balaban J connectivity index is 0.00000225. The van der Waals surface area contributed by atoms with Crippen LogP contribution in [0.15, 0.2) is 48.5 Å². The Bertz CT molecular complexity index is 887. The maximum atomic E-state index is 13.2. The molecule has 0 aliphatic carbocycles. The van der Waals surface area contributed by atoms with E-state index in [-0.39, 0.29) is 18.2 Å². The van der Waals surface area contributed by atoms with Crippen molar-refractivity contribution in [3.05, 3.63) is 59.9 Å². The van der Waals surface area contributed by atoms with Gasteiger partial charge >= 0.3 is 0 Å². The highest BCUT2D eigenvalue weighted by Crippen LogP contribution is 2.23. The Kier molecular flexibility index (Phi) is 6.88. The number of benzene rings is 2. The molecule has 4 rings (SSSR count). The van der Waals surface area contributed by atoms with Gasteiger partial charge in [-0.3, -0.25) is 0 Å². The van der Waals surface area contributed by atoms with E-state index in [0.29, 0.717) is 19.1 Å². The molecule has 1 aliphatic rings. The smallest absolute Gasteiger partial charge is 0.204 e. The number of nitrogens with one attached hydrogen (secondary N) is 1. The standard InChI is InChI=1S/C21H26FN5.ClH/c22-17-7-5-16(6-8-17)15-27-20-4-2-1-3-19(20)25-21(27)24-18-9-12-26(13-10-18)14-11-23;/h1-8,18H,9-15,23H2,(H,24,25);1H. The minimum absolute atomic E-state index is 0. The molecule has 3 aromatic rings. The third-order valence-electron chi connectivity index (χ3n) is 5.27. The molecule has 2 aromatic carbocycles. The van der Waals surface area contributed by atoms with Crippen molar-refractivity contribution in [1.29, 1.82) is 0 Å². The van der Waals surface area contributed by atoms with Crippen LogP contribution in [0.2, 0.25) is 0 Å². The third kappa shape index (κ3) is 4.63. The van der Waals surface area contributed by atoms with Crippen LogP contribution in [0, 0.1) is 5.82 Å². The molecule has 7 heteroatoms. The third-order valence-corrected chi connectivity index (χ3v) is 5.27. The zero-order chi connectivity index (χ0) is 18.6. The first kappa shape index (κ1) is 20.6. The molecule has 5 nitrogen and oxygen atoms in total. The molecule has 1 saturated heterocycles. The first-order valence-corrected chi connectivity index (χ1v) is 9.61. The van der Waals surface area contributed by atoms with Gasteiger partial charge < -0.3 is 20.5 Å². The van der Waals surface area contributed by atoms with Crippen LogP contribution in [-0.4, -0.2) is 46.7 Å². The van der Waals surface area contributed by atoms with E-state index in [0.717, 1.165) is 55.0 Å². The van der Waals surface area contributed by atoms with E-state index >= 15 is 0 Å². The van der Waals surface area contributed by atoms with E-state index in [1.165, 1.54) is 12.1 Å². The summed E-state index contributed by atoms with van der Waals surface area (Å²) in [5, 5.41) is 3.65. The SMILES string of the molecule is Cl.NCCN1CCC(Nc2nc3ccccc3n2Cc2ccc(F)cc2)CC1. The summed E-state index contributed by atoms with van der Waals surface area (Å²) in [5.74, 6) is 0.676. The van der Waals surface area contributed by atoms with Gasteiger partial charge in [-0.25, -0.2) is 9.37 Å². The Morgan fingerprint density at radius 2 is 1.79 bits per heavy atom. The van der Waals surface area contributed by atoms with Gasteiger partial charge in [-0.1, -0.05) is 24.3 Å². The number of hydrogen-bond donors (Lipinski definition) is 2. The summed E-state index contributed by atoms with van der Waals surface area (Å²) in [7, 11) is 0. The topological polar surface area (TPSA) is 59.1 Å². The van der Waals surface area contributed by atoms with Gasteiger partial charge in [0, 0.05) is 32.2 Å². The Labute approximate surface area is 171 Å². The van der Waals surface area contributed by atoms with Crippen molar-refractivity contribution in [1.82, 2.24) is 14.5 Å². The number of anilines is 1. The maximum Gasteiger partial charge on any atom is 0.204 e. The van der Waals surface area contributed by atoms with Crippen LogP contribution in [0.3, 0.4) is 0 Å². The van der Waals surface area contributed by atoms with Crippen molar-refractivity contribution < 1.29 is 4.39 Å². The second-order valence-electron chi connectivity index (χ2n) is 7.19. The largest absolute Gasteiger partial charge is 0.353 e. The highest BCUT2D eigenvalue weighted by molar-refractivity contribution is 5.85. The molecule has 0 atom stereocenters. The van der Waals surface area contributed by atoms with Crippen molar-refractivity contribution >= 4 is 29.4 Å². The van der Waals surface area contributed by atoms with E-state index in [1.54, 1.807) is 0 Å². The fourth-order valence-corrected chi connectivity index (χ4v) is 3.78. The molecule has 150 valence electrons. The number of imidazole rings is 1. The number of hydrogen-bond acceptors (Lipinski definition) is 4. The first-order valence-electron chi connectivity index (χ1n) is 9.61. The molecular weight excluding hydrogens is 377 g/mol. The lowest BCUT2D eigenvalue weighted by Crippen LogP contribution is -2.41. The van der Waals surface area contributed by atoms with Gasteiger partial charge in [0.25, 0.3) is 0 Å². The quantitative estimate of drug-likeness (QED) is 0.661. The number of halogens is 2. The monoisotopic (exact) mass is 403 g/mol. The van der Waals surface area contributed by atoms with Crippen molar-refractivity contribution in [2.24, 2.45) is 5.73 Å². The molecule has 1 fully saturated rings. The number of likely N-dealkylation sites (tertiary alicyclic amines) is 1. The van der Waals surface area contributed by atoms with Crippen molar-refractivity contribution in [3.63, 3.8) is 0 Å².